The van der Waals surface area contributed by atoms with Crippen molar-refractivity contribution < 1.29 is 4.74 Å². The van der Waals surface area contributed by atoms with Gasteiger partial charge in [-0.25, -0.2) is 0 Å². The second kappa shape index (κ2) is 5.18. The topological polar surface area (TPSA) is 21.3 Å². The predicted octanol–water partition coefficient (Wildman–Crippen LogP) is 1.02. The fourth-order valence-electron chi connectivity index (χ4n) is 1.63. The highest BCUT2D eigenvalue weighted by molar-refractivity contribution is 4.84. The van der Waals surface area contributed by atoms with Crippen LogP contribution in [-0.4, -0.2) is 25.8 Å². The first-order chi connectivity index (χ1) is 5.84. The Labute approximate surface area is 74.7 Å². The minimum Gasteiger partial charge on any atom is -0.366 e. The zero-order valence-electron chi connectivity index (χ0n) is 7.68. The summed E-state index contributed by atoms with van der Waals surface area (Å²) in [5, 5.41) is 3.33. The Hall–Kier alpha value is -0.520. The van der Waals surface area contributed by atoms with Gasteiger partial charge in [0.05, 0.1) is 6.10 Å². The van der Waals surface area contributed by atoms with Gasteiger partial charge >= 0.3 is 0 Å². The van der Waals surface area contributed by atoms with Gasteiger partial charge in [0, 0.05) is 0 Å². The molecule has 0 spiro atoms. The average Bonchev–Trinajstić information content (AvgIpc) is 2.15. The van der Waals surface area contributed by atoms with E-state index in [4.69, 9.17) is 11.2 Å². The molecule has 12 heavy (non-hydrogen) atoms. The molecule has 0 radical (unpaired) electrons. The molecular weight excluding hydrogens is 150 g/mol. The van der Waals surface area contributed by atoms with Gasteiger partial charge in [-0.15, -0.1) is 6.42 Å². The second-order valence-electron chi connectivity index (χ2n) is 3.31. The van der Waals surface area contributed by atoms with Crippen LogP contribution < -0.4 is 5.32 Å². The lowest BCUT2D eigenvalue weighted by atomic mass is 9.93. The maximum atomic E-state index is 5.47. The second-order valence-corrected chi connectivity index (χ2v) is 3.31. The molecular formula is C10H17NO. The Morgan fingerprint density at radius 2 is 2.25 bits per heavy atom. The third kappa shape index (κ3) is 2.84. The van der Waals surface area contributed by atoms with E-state index in [0.29, 0.717) is 18.6 Å². The zero-order valence-corrected chi connectivity index (χ0v) is 7.68. The fourth-order valence-corrected chi connectivity index (χ4v) is 1.63. The number of hydrogen-bond donors (Lipinski definition) is 1. The van der Waals surface area contributed by atoms with Crippen molar-refractivity contribution in [2.75, 3.05) is 19.7 Å². The first kappa shape index (κ1) is 9.57. The van der Waals surface area contributed by atoms with Gasteiger partial charge in [0.15, 0.2) is 0 Å². The fraction of sp³-hybridized carbons (Fsp3) is 0.800. The summed E-state index contributed by atoms with van der Waals surface area (Å²) in [7, 11) is 0. The van der Waals surface area contributed by atoms with Gasteiger partial charge in [0.25, 0.3) is 0 Å². The van der Waals surface area contributed by atoms with Crippen molar-refractivity contribution in [3.8, 4) is 12.3 Å². The lowest BCUT2D eigenvalue weighted by molar-refractivity contribution is 0.0345. The Morgan fingerprint density at radius 1 is 1.58 bits per heavy atom. The summed E-state index contributed by atoms with van der Waals surface area (Å²) in [6.07, 6.45) is 7.87. The molecule has 0 aromatic heterocycles. The van der Waals surface area contributed by atoms with Crippen molar-refractivity contribution in [1.29, 1.82) is 0 Å². The number of rotatable bonds is 3. The van der Waals surface area contributed by atoms with Crippen LogP contribution in [0, 0.1) is 18.3 Å². The van der Waals surface area contributed by atoms with Crippen molar-refractivity contribution in [3.63, 3.8) is 0 Å². The first-order valence-corrected chi connectivity index (χ1v) is 4.60. The molecule has 1 heterocycles. The van der Waals surface area contributed by atoms with E-state index in [0.717, 1.165) is 13.1 Å². The maximum absolute atomic E-state index is 5.47. The highest BCUT2D eigenvalue weighted by atomic mass is 16.5. The number of terminal acetylenes is 1. The molecule has 0 saturated carbocycles. The predicted molar refractivity (Wildman–Crippen MR) is 49.8 cm³/mol. The molecule has 0 aromatic carbocycles. The van der Waals surface area contributed by atoms with Crippen LogP contribution in [0.25, 0.3) is 0 Å². The molecule has 68 valence electrons. The Balaban J connectivity index is 2.21. The molecule has 1 N–H and O–H groups in total. The normalized spacial score (nSPS) is 21.7. The highest BCUT2D eigenvalue weighted by Crippen LogP contribution is 2.18. The molecule has 0 aliphatic carbocycles. The van der Waals surface area contributed by atoms with Gasteiger partial charge in [-0.3, -0.25) is 0 Å². The number of hydrogen-bond acceptors (Lipinski definition) is 2. The molecule has 1 rings (SSSR count). The van der Waals surface area contributed by atoms with E-state index in [1.54, 1.807) is 0 Å². The summed E-state index contributed by atoms with van der Waals surface area (Å²) < 4.78 is 5.47. The molecule has 1 aliphatic rings. The molecule has 1 saturated heterocycles. The highest BCUT2D eigenvalue weighted by Gasteiger charge is 2.19. The van der Waals surface area contributed by atoms with Crippen LogP contribution >= 0.6 is 0 Å². The van der Waals surface area contributed by atoms with Crippen molar-refractivity contribution in [3.05, 3.63) is 0 Å². The molecule has 1 fully saturated rings. The first-order valence-electron chi connectivity index (χ1n) is 4.60. The summed E-state index contributed by atoms with van der Waals surface area (Å²) in [6.45, 7) is 4.81. The molecule has 2 heteroatoms. The van der Waals surface area contributed by atoms with Gasteiger partial charge in [-0.2, -0.15) is 0 Å². The van der Waals surface area contributed by atoms with Gasteiger partial charge in [-0.05, 0) is 38.8 Å². The quantitative estimate of drug-likeness (QED) is 0.634. The van der Waals surface area contributed by atoms with Crippen LogP contribution in [0.3, 0.4) is 0 Å². The van der Waals surface area contributed by atoms with Gasteiger partial charge in [0.1, 0.15) is 6.61 Å². The summed E-state index contributed by atoms with van der Waals surface area (Å²) in [6, 6.07) is 0. The lowest BCUT2D eigenvalue weighted by Crippen LogP contribution is -2.34. The summed E-state index contributed by atoms with van der Waals surface area (Å²) in [4.78, 5) is 0. The number of ether oxygens (including phenoxy) is 1. The SMILES string of the molecule is C#CCOC(C)C1CCNCC1. The summed E-state index contributed by atoms with van der Waals surface area (Å²) >= 11 is 0. The van der Waals surface area contributed by atoms with Crippen LogP contribution in [-0.2, 0) is 4.74 Å². The minimum absolute atomic E-state index is 0.322. The van der Waals surface area contributed by atoms with E-state index in [9.17, 15) is 0 Å². The smallest absolute Gasteiger partial charge is 0.107 e. The molecule has 0 bridgehead atoms. The van der Waals surface area contributed by atoms with Crippen LogP contribution in [0.5, 0.6) is 0 Å². The van der Waals surface area contributed by atoms with Gasteiger partial charge in [0.2, 0.25) is 0 Å². The Morgan fingerprint density at radius 3 is 2.83 bits per heavy atom. The van der Waals surface area contributed by atoms with E-state index in [1.165, 1.54) is 12.8 Å². The monoisotopic (exact) mass is 167 g/mol. The molecule has 2 nitrogen and oxygen atoms in total. The van der Waals surface area contributed by atoms with Crippen LogP contribution in [0.1, 0.15) is 19.8 Å². The lowest BCUT2D eigenvalue weighted by Gasteiger charge is -2.27. The standard InChI is InChI=1S/C10H17NO/c1-3-8-12-9(2)10-4-6-11-7-5-10/h1,9-11H,4-8H2,2H3. The number of nitrogens with one attached hydrogen (secondary N) is 1. The number of piperidine rings is 1. The minimum atomic E-state index is 0.322. The van der Waals surface area contributed by atoms with E-state index >= 15 is 0 Å². The molecule has 1 atom stereocenters. The van der Waals surface area contributed by atoms with Crippen molar-refractivity contribution in [1.82, 2.24) is 5.32 Å². The Bertz CT molecular complexity index is 156. The average molecular weight is 167 g/mol. The van der Waals surface area contributed by atoms with Crippen LogP contribution in [0.4, 0.5) is 0 Å². The van der Waals surface area contributed by atoms with Crippen molar-refractivity contribution >= 4 is 0 Å². The van der Waals surface area contributed by atoms with E-state index < -0.39 is 0 Å². The van der Waals surface area contributed by atoms with E-state index in [-0.39, 0.29) is 0 Å². The largest absolute Gasteiger partial charge is 0.366 e. The van der Waals surface area contributed by atoms with Gasteiger partial charge in [-0.1, -0.05) is 5.92 Å². The van der Waals surface area contributed by atoms with Crippen molar-refractivity contribution in [2.45, 2.75) is 25.9 Å². The molecule has 0 amide bonds. The summed E-state index contributed by atoms with van der Waals surface area (Å²) in [5.41, 5.74) is 0. The van der Waals surface area contributed by atoms with Gasteiger partial charge < -0.3 is 10.1 Å². The van der Waals surface area contributed by atoms with E-state index in [2.05, 4.69) is 18.2 Å². The van der Waals surface area contributed by atoms with Crippen molar-refractivity contribution in [2.24, 2.45) is 5.92 Å². The van der Waals surface area contributed by atoms with Crippen LogP contribution in [0.2, 0.25) is 0 Å². The third-order valence-electron chi connectivity index (χ3n) is 2.48. The molecule has 1 aliphatic heterocycles. The van der Waals surface area contributed by atoms with E-state index in [1.807, 2.05) is 0 Å². The molecule has 1 unspecified atom stereocenters. The third-order valence-corrected chi connectivity index (χ3v) is 2.48. The summed E-state index contributed by atoms with van der Waals surface area (Å²) in [5.74, 6) is 3.19. The zero-order chi connectivity index (χ0) is 8.81. The Kier molecular flexibility index (Phi) is 4.13. The van der Waals surface area contributed by atoms with Crippen LogP contribution in [0.15, 0.2) is 0 Å². The molecule has 0 aromatic rings. The maximum Gasteiger partial charge on any atom is 0.107 e.